The Morgan fingerprint density at radius 3 is 3.06 bits per heavy atom. The topological polar surface area (TPSA) is 24.9 Å². The van der Waals surface area contributed by atoms with Crippen LogP contribution in [0.4, 0.5) is 0 Å². The highest BCUT2D eigenvalue weighted by molar-refractivity contribution is 7.17. The quantitative estimate of drug-likeness (QED) is 0.742. The van der Waals surface area contributed by atoms with Crippen LogP contribution in [0.2, 0.25) is 0 Å². The Morgan fingerprint density at radius 2 is 2.22 bits per heavy atom. The van der Waals surface area contributed by atoms with Crippen LogP contribution in [0.25, 0.3) is 10.2 Å². The van der Waals surface area contributed by atoms with Crippen LogP contribution in [0.5, 0.6) is 0 Å². The van der Waals surface area contributed by atoms with Crippen LogP contribution in [0.3, 0.4) is 0 Å². The van der Waals surface area contributed by atoms with E-state index in [0.29, 0.717) is 6.04 Å². The first-order valence-corrected chi connectivity index (χ1v) is 7.75. The molecule has 0 aliphatic carbocycles. The fraction of sp³-hybridized carbons (Fsp3) is 0.533. The Morgan fingerprint density at radius 1 is 1.33 bits per heavy atom. The molecular formula is C15H22N2S. The maximum absolute atomic E-state index is 4.49. The smallest absolute Gasteiger partial charge is 0.0809 e. The summed E-state index contributed by atoms with van der Waals surface area (Å²) in [5.74, 6) is 0. The molecule has 0 fully saturated rings. The highest BCUT2D eigenvalue weighted by Crippen LogP contribution is 2.22. The van der Waals surface area contributed by atoms with Gasteiger partial charge < -0.3 is 5.32 Å². The van der Waals surface area contributed by atoms with E-state index in [9.17, 15) is 0 Å². The third-order valence-electron chi connectivity index (χ3n) is 3.30. The maximum atomic E-state index is 4.49. The van der Waals surface area contributed by atoms with Crippen molar-refractivity contribution in [1.29, 1.82) is 0 Å². The number of fused-ring (bicyclic) bond motifs is 1. The molecule has 2 heterocycles. The Labute approximate surface area is 113 Å². The monoisotopic (exact) mass is 262 g/mol. The molecule has 0 radical (unpaired) electrons. The number of pyridine rings is 1. The molecule has 2 rings (SSSR count). The first-order chi connectivity index (χ1) is 8.81. The van der Waals surface area contributed by atoms with Gasteiger partial charge >= 0.3 is 0 Å². The number of thiophene rings is 1. The normalized spacial score (nSPS) is 13.0. The van der Waals surface area contributed by atoms with Gasteiger partial charge in [0.05, 0.1) is 10.2 Å². The van der Waals surface area contributed by atoms with E-state index in [1.807, 2.05) is 6.20 Å². The van der Waals surface area contributed by atoms with Gasteiger partial charge in [0.1, 0.15) is 0 Å². The van der Waals surface area contributed by atoms with Gasteiger partial charge in [-0.2, -0.15) is 0 Å². The van der Waals surface area contributed by atoms with Gasteiger partial charge in [0.15, 0.2) is 0 Å². The zero-order valence-electron chi connectivity index (χ0n) is 11.3. The van der Waals surface area contributed by atoms with Crippen LogP contribution in [0.1, 0.15) is 51.1 Å². The van der Waals surface area contributed by atoms with Crippen LogP contribution in [0, 0.1) is 0 Å². The summed E-state index contributed by atoms with van der Waals surface area (Å²) in [6, 6.07) is 4.73. The molecule has 0 aliphatic rings. The second-order valence-corrected chi connectivity index (χ2v) is 5.76. The summed E-state index contributed by atoms with van der Waals surface area (Å²) in [6.07, 6.45) is 7.25. The van der Waals surface area contributed by atoms with Crippen LogP contribution in [-0.2, 0) is 0 Å². The van der Waals surface area contributed by atoms with Crippen molar-refractivity contribution in [3.63, 3.8) is 0 Å². The van der Waals surface area contributed by atoms with Gasteiger partial charge in [-0.25, -0.2) is 0 Å². The first-order valence-electron chi connectivity index (χ1n) is 6.88. The molecule has 98 valence electrons. The lowest BCUT2D eigenvalue weighted by Gasteiger charge is -2.13. The third kappa shape index (κ3) is 3.53. The van der Waals surface area contributed by atoms with E-state index < -0.39 is 0 Å². The largest absolute Gasteiger partial charge is 0.310 e. The maximum Gasteiger partial charge on any atom is 0.0809 e. The zero-order chi connectivity index (χ0) is 12.8. The van der Waals surface area contributed by atoms with Gasteiger partial charge in [-0.3, -0.25) is 4.98 Å². The van der Waals surface area contributed by atoms with Crippen molar-refractivity contribution in [2.45, 2.75) is 45.6 Å². The predicted octanol–water partition coefficient (Wildman–Crippen LogP) is 4.53. The molecule has 0 aromatic carbocycles. The lowest BCUT2D eigenvalue weighted by molar-refractivity contribution is 0.536. The van der Waals surface area contributed by atoms with Crippen LogP contribution in [-0.4, -0.2) is 11.5 Å². The lowest BCUT2D eigenvalue weighted by Crippen LogP contribution is -2.19. The lowest BCUT2D eigenvalue weighted by atomic mass is 10.1. The predicted molar refractivity (Wildman–Crippen MR) is 80.2 cm³/mol. The van der Waals surface area contributed by atoms with Crippen molar-refractivity contribution >= 4 is 21.6 Å². The molecule has 3 heteroatoms. The minimum absolute atomic E-state index is 0.394. The standard InChI is InChI=1S/C15H22N2S/c1-3-4-5-6-8-16-12(2)13-10-15-14(17-11-13)7-9-18-15/h7,9-12,16H,3-6,8H2,1-2H3. The minimum Gasteiger partial charge on any atom is -0.310 e. The van der Waals surface area contributed by atoms with Gasteiger partial charge in [0.25, 0.3) is 0 Å². The Balaban J connectivity index is 1.85. The van der Waals surface area contributed by atoms with E-state index >= 15 is 0 Å². The number of aromatic nitrogens is 1. The Kier molecular flexibility index (Phi) is 5.14. The average Bonchev–Trinajstić information content (AvgIpc) is 2.85. The highest BCUT2D eigenvalue weighted by Gasteiger charge is 2.06. The van der Waals surface area contributed by atoms with Gasteiger partial charge in [0.2, 0.25) is 0 Å². The number of hydrogen-bond acceptors (Lipinski definition) is 3. The average molecular weight is 262 g/mol. The van der Waals surface area contributed by atoms with Gasteiger partial charge in [-0.05, 0) is 43.0 Å². The van der Waals surface area contributed by atoms with Crippen molar-refractivity contribution < 1.29 is 0 Å². The molecule has 2 nitrogen and oxygen atoms in total. The Bertz CT molecular complexity index is 478. The summed E-state index contributed by atoms with van der Waals surface area (Å²) >= 11 is 1.76. The highest BCUT2D eigenvalue weighted by atomic mass is 32.1. The van der Waals surface area contributed by atoms with E-state index in [2.05, 4.69) is 41.7 Å². The molecule has 2 aromatic heterocycles. The van der Waals surface area contributed by atoms with Gasteiger partial charge in [0, 0.05) is 12.2 Å². The molecule has 1 unspecified atom stereocenters. The molecule has 0 saturated carbocycles. The van der Waals surface area contributed by atoms with E-state index in [1.54, 1.807) is 11.3 Å². The number of hydrogen-bond donors (Lipinski definition) is 1. The van der Waals surface area contributed by atoms with Gasteiger partial charge in [-0.15, -0.1) is 11.3 Å². The molecule has 0 bridgehead atoms. The number of nitrogens with zero attached hydrogens (tertiary/aromatic N) is 1. The Hall–Kier alpha value is -0.930. The molecule has 2 aromatic rings. The summed E-state index contributed by atoms with van der Waals surface area (Å²) in [5, 5.41) is 5.68. The number of rotatable bonds is 7. The van der Waals surface area contributed by atoms with Crippen molar-refractivity contribution in [3.8, 4) is 0 Å². The van der Waals surface area contributed by atoms with E-state index in [-0.39, 0.29) is 0 Å². The first kappa shape index (κ1) is 13.5. The molecule has 0 saturated heterocycles. The van der Waals surface area contributed by atoms with E-state index in [4.69, 9.17) is 0 Å². The summed E-state index contributed by atoms with van der Waals surface area (Å²) in [5.41, 5.74) is 2.40. The van der Waals surface area contributed by atoms with Crippen molar-refractivity contribution in [3.05, 3.63) is 29.3 Å². The van der Waals surface area contributed by atoms with Crippen molar-refractivity contribution in [2.24, 2.45) is 0 Å². The number of nitrogens with one attached hydrogen (secondary N) is 1. The van der Waals surface area contributed by atoms with Crippen LogP contribution >= 0.6 is 11.3 Å². The fourth-order valence-electron chi connectivity index (χ4n) is 2.09. The molecule has 0 aliphatic heterocycles. The fourth-order valence-corrected chi connectivity index (χ4v) is 2.88. The molecular weight excluding hydrogens is 240 g/mol. The summed E-state index contributed by atoms with van der Waals surface area (Å²) in [4.78, 5) is 4.49. The molecule has 1 atom stereocenters. The SMILES string of the molecule is CCCCCCNC(C)c1cnc2ccsc2c1. The van der Waals surface area contributed by atoms with E-state index in [0.717, 1.165) is 12.1 Å². The third-order valence-corrected chi connectivity index (χ3v) is 4.16. The molecule has 18 heavy (non-hydrogen) atoms. The number of unbranched alkanes of at least 4 members (excludes halogenated alkanes) is 3. The van der Waals surface area contributed by atoms with Gasteiger partial charge in [-0.1, -0.05) is 26.2 Å². The van der Waals surface area contributed by atoms with Crippen LogP contribution < -0.4 is 5.32 Å². The molecule has 0 spiro atoms. The summed E-state index contributed by atoms with van der Waals surface area (Å²) in [7, 11) is 0. The minimum atomic E-state index is 0.394. The van der Waals surface area contributed by atoms with Crippen LogP contribution in [0.15, 0.2) is 23.7 Å². The summed E-state index contributed by atoms with van der Waals surface area (Å²) < 4.78 is 1.28. The summed E-state index contributed by atoms with van der Waals surface area (Å²) in [6.45, 7) is 5.57. The van der Waals surface area contributed by atoms with Crippen molar-refractivity contribution in [1.82, 2.24) is 10.3 Å². The van der Waals surface area contributed by atoms with E-state index in [1.165, 1.54) is 35.9 Å². The zero-order valence-corrected chi connectivity index (χ0v) is 12.1. The second-order valence-electron chi connectivity index (χ2n) is 4.81. The second kappa shape index (κ2) is 6.86. The van der Waals surface area contributed by atoms with Crippen molar-refractivity contribution in [2.75, 3.05) is 6.54 Å². The molecule has 1 N–H and O–H groups in total. The molecule has 0 amide bonds.